The van der Waals surface area contributed by atoms with Gasteiger partial charge < -0.3 is 10.0 Å². The smallest absolute Gasteiger partial charge is 0.315 e. The molecule has 2 aromatic rings. The van der Waals surface area contributed by atoms with Crippen molar-refractivity contribution in [3.8, 4) is 0 Å². The fourth-order valence-corrected chi connectivity index (χ4v) is 5.19. The minimum absolute atomic E-state index is 0.158. The highest BCUT2D eigenvalue weighted by Crippen LogP contribution is 2.38. The lowest BCUT2D eigenvalue weighted by Crippen LogP contribution is -2.48. The first-order valence-corrected chi connectivity index (χ1v) is 9.66. The van der Waals surface area contributed by atoms with Gasteiger partial charge in [-0.3, -0.25) is 4.79 Å². The second kappa shape index (κ2) is 5.86. The molecule has 0 bridgehead atoms. The molecular formula is C18H18N2O4S. The van der Waals surface area contributed by atoms with Gasteiger partial charge in [-0.05, 0) is 36.1 Å². The van der Waals surface area contributed by atoms with Crippen LogP contribution in [-0.4, -0.2) is 32.2 Å². The standard InChI is InChI=1S/C18H18N2O4S/c21-18(22)17(12-5-2-1-3-6-12)13-8-9-14-15(11-13)25(23,24)19-16-7-4-10-20(14)16/h1-3,5-6,8-9,11,16-17,19H,4,7,10H2,(H,21,22). The summed E-state index contributed by atoms with van der Waals surface area (Å²) in [5.41, 5.74) is 1.73. The van der Waals surface area contributed by atoms with Crippen molar-refractivity contribution in [1.82, 2.24) is 4.72 Å². The van der Waals surface area contributed by atoms with E-state index in [2.05, 4.69) is 4.72 Å². The third kappa shape index (κ3) is 2.69. The van der Waals surface area contributed by atoms with E-state index in [1.165, 1.54) is 6.07 Å². The highest BCUT2D eigenvalue weighted by atomic mass is 32.2. The fraction of sp³-hybridized carbons (Fsp3) is 0.278. The molecule has 25 heavy (non-hydrogen) atoms. The molecule has 2 N–H and O–H groups in total. The van der Waals surface area contributed by atoms with Gasteiger partial charge in [-0.2, -0.15) is 4.72 Å². The summed E-state index contributed by atoms with van der Waals surface area (Å²) in [7, 11) is -3.64. The molecule has 2 aliphatic rings. The number of anilines is 1. The van der Waals surface area contributed by atoms with Crippen molar-refractivity contribution in [2.45, 2.75) is 29.8 Å². The summed E-state index contributed by atoms with van der Waals surface area (Å²) in [6.45, 7) is 0.792. The summed E-state index contributed by atoms with van der Waals surface area (Å²) in [6, 6.07) is 13.8. The van der Waals surface area contributed by atoms with E-state index in [0.29, 0.717) is 16.8 Å². The lowest BCUT2D eigenvalue weighted by molar-refractivity contribution is -0.137. The van der Waals surface area contributed by atoms with E-state index in [9.17, 15) is 18.3 Å². The van der Waals surface area contributed by atoms with Gasteiger partial charge in [0.05, 0.1) is 11.9 Å². The molecule has 0 spiro atoms. The number of hydrogen-bond donors (Lipinski definition) is 2. The average Bonchev–Trinajstić information content (AvgIpc) is 3.03. The number of fused-ring (bicyclic) bond motifs is 3. The van der Waals surface area contributed by atoms with E-state index in [1.807, 2.05) is 11.0 Å². The summed E-state index contributed by atoms with van der Waals surface area (Å²) >= 11 is 0. The van der Waals surface area contributed by atoms with Crippen LogP contribution < -0.4 is 9.62 Å². The fourth-order valence-electron chi connectivity index (χ4n) is 3.71. The number of carboxylic acid groups (broad SMARTS) is 1. The van der Waals surface area contributed by atoms with Crippen LogP contribution in [0.1, 0.15) is 29.9 Å². The van der Waals surface area contributed by atoms with Gasteiger partial charge in [0, 0.05) is 6.54 Å². The SMILES string of the molecule is O=C(O)C(c1ccccc1)c1ccc2c(c1)S(=O)(=O)NC1CCCN21. The molecule has 130 valence electrons. The monoisotopic (exact) mass is 358 g/mol. The number of hydrogen-bond acceptors (Lipinski definition) is 4. The number of nitrogens with zero attached hydrogens (tertiary/aromatic N) is 1. The van der Waals surface area contributed by atoms with E-state index < -0.39 is 21.9 Å². The van der Waals surface area contributed by atoms with Crippen LogP contribution in [0.3, 0.4) is 0 Å². The maximum Gasteiger partial charge on any atom is 0.315 e. The Balaban J connectivity index is 1.84. The summed E-state index contributed by atoms with van der Waals surface area (Å²) in [4.78, 5) is 14.0. The molecule has 4 rings (SSSR count). The number of carboxylic acids is 1. The van der Waals surface area contributed by atoms with Crippen LogP contribution in [-0.2, 0) is 14.8 Å². The molecule has 2 heterocycles. The minimum atomic E-state index is -3.64. The summed E-state index contributed by atoms with van der Waals surface area (Å²) in [5.74, 6) is -1.91. The second-order valence-electron chi connectivity index (χ2n) is 6.38. The molecule has 7 heteroatoms. The third-order valence-corrected chi connectivity index (χ3v) is 6.33. The largest absolute Gasteiger partial charge is 0.481 e. The summed E-state index contributed by atoms with van der Waals surface area (Å²) in [5, 5.41) is 9.69. The molecule has 0 radical (unpaired) electrons. The van der Waals surface area contributed by atoms with Crippen molar-refractivity contribution in [1.29, 1.82) is 0 Å². The van der Waals surface area contributed by atoms with Crippen LogP contribution in [0.15, 0.2) is 53.4 Å². The average molecular weight is 358 g/mol. The predicted octanol–water partition coefficient (Wildman–Crippen LogP) is 2.12. The van der Waals surface area contributed by atoms with E-state index in [-0.39, 0.29) is 11.1 Å². The van der Waals surface area contributed by atoms with E-state index in [1.54, 1.807) is 36.4 Å². The maximum absolute atomic E-state index is 12.6. The molecule has 2 aliphatic heterocycles. The van der Waals surface area contributed by atoms with Gasteiger partial charge in [0.1, 0.15) is 10.8 Å². The van der Waals surface area contributed by atoms with Crippen molar-refractivity contribution < 1.29 is 18.3 Å². The first-order valence-electron chi connectivity index (χ1n) is 8.18. The zero-order chi connectivity index (χ0) is 17.6. The number of aliphatic carboxylic acids is 1. The normalized spacial score (nSPS) is 22.1. The Morgan fingerprint density at radius 1 is 1.16 bits per heavy atom. The number of nitrogens with one attached hydrogen (secondary N) is 1. The zero-order valence-electron chi connectivity index (χ0n) is 13.4. The Kier molecular flexibility index (Phi) is 3.77. The van der Waals surface area contributed by atoms with Crippen LogP contribution in [0.2, 0.25) is 0 Å². The zero-order valence-corrected chi connectivity index (χ0v) is 14.2. The first-order chi connectivity index (χ1) is 12.0. The molecule has 0 amide bonds. The third-order valence-electron chi connectivity index (χ3n) is 4.84. The maximum atomic E-state index is 12.6. The molecule has 0 aromatic heterocycles. The van der Waals surface area contributed by atoms with Crippen LogP contribution in [0.25, 0.3) is 0 Å². The van der Waals surface area contributed by atoms with Gasteiger partial charge >= 0.3 is 5.97 Å². The lowest BCUT2D eigenvalue weighted by atomic mass is 9.91. The van der Waals surface area contributed by atoms with E-state index in [0.717, 1.165) is 19.4 Å². The van der Waals surface area contributed by atoms with Crippen molar-refractivity contribution in [2.24, 2.45) is 0 Å². The van der Waals surface area contributed by atoms with E-state index >= 15 is 0 Å². The van der Waals surface area contributed by atoms with Gasteiger partial charge in [-0.1, -0.05) is 36.4 Å². The summed E-state index contributed by atoms with van der Waals surface area (Å²) < 4.78 is 27.9. The molecule has 1 saturated heterocycles. The van der Waals surface area contributed by atoms with Gasteiger partial charge in [-0.15, -0.1) is 0 Å². The topological polar surface area (TPSA) is 86.7 Å². The highest BCUT2D eigenvalue weighted by Gasteiger charge is 2.38. The van der Waals surface area contributed by atoms with Crippen LogP contribution in [0.4, 0.5) is 5.69 Å². The van der Waals surface area contributed by atoms with Crippen LogP contribution in [0.5, 0.6) is 0 Å². The molecule has 2 atom stereocenters. The van der Waals surface area contributed by atoms with Crippen LogP contribution >= 0.6 is 0 Å². The van der Waals surface area contributed by atoms with Crippen molar-refractivity contribution in [3.63, 3.8) is 0 Å². The molecule has 1 fully saturated rings. The molecule has 2 aromatic carbocycles. The first kappa shape index (κ1) is 16.1. The van der Waals surface area contributed by atoms with Crippen molar-refractivity contribution in [3.05, 3.63) is 59.7 Å². The Morgan fingerprint density at radius 2 is 1.92 bits per heavy atom. The second-order valence-corrected chi connectivity index (χ2v) is 8.06. The van der Waals surface area contributed by atoms with Crippen molar-refractivity contribution in [2.75, 3.05) is 11.4 Å². The lowest BCUT2D eigenvalue weighted by Gasteiger charge is -2.34. The minimum Gasteiger partial charge on any atom is -0.481 e. The van der Waals surface area contributed by atoms with Crippen LogP contribution in [0, 0.1) is 0 Å². The van der Waals surface area contributed by atoms with Gasteiger partial charge in [-0.25, -0.2) is 8.42 Å². The number of sulfonamides is 1. The summed E-state index contributed by atoms with van der Waals surface area (Å²) in [6.07, 6.45) is 1.51. The molecule has 0 aliphatic carbocycles. The van der Waals surface area contributed by atoms with Crippen molar-refractivity contribution >= 4 is 21.7 Å². The Morgan fingerprint density at radius 3 is 2.64 bits per heavy atom. The van der Waals surface area contributed by atoms with Gasteiger partial charge in [0.25, 0.3) is 0 Å². The highest BCUT2D eigenvalue weighted by molar-refractivity contribution is 7.89. The molecule has 6 nitrogen and oxygen atoms in total. The molecule has 0 saturated carbocycles. The Hall–Kier alpha value is -2.38. The predicted molar refractivity (Wildman–Crippen MR) is 93.1 cm³/mol. The molecule has 2 unspecified atom stereocenters. The number of carbonyl (C=O) groups is 1. The van der Waals surface area contributed by atoms with E-state index in [4.69, 9.17) is 0 Å². The Bertz CT molecular complexity index is 927. The number of rotatable bonds is 3. The number of benzene rings is 2. The van der Waals surface area contributed by atoms with Gasteiger partial charge in [0.15, 0.2) is 0 Å². The Labute approximate surface area is 146 Å². The molecular weight excluding hydrogens is 340 g/mol. The van der Waals surface area contributed by atoms with Gasteiger partial charge in [0.2, 0.25) is 10.0 Å². The quantitative estimate of drug-likeness (QED) is 0.878.